The first kappa shape index (κ1) is 18.4. The van der Waals surface area contributed by atoms with Crippen molar-refractivity contribution in [2.24, 2.45) is 5.73 Å². The Kier molecular flexibility index (Phi) is 9.36. The molecule has 0 atom stereocenters. The minimum atomic E-state index is -0.352. The Morgan fingerprint density at radius 3 is 2.40 bits per heavy atom. The summed E-state index contributed by atoms with van der Waals surface area (Å²) in [6.45, 7) is 0.708. The first-order valence-corrected chi connectivity index (χ1v) is 5.96. The van der Waals surface area contributed by atoms with Crippen molar-refractivity contribution < 1.29 is 14.3 Å². The smallest absolute Gasteiger partial charge is 0.239 e. The van der Waals surface area contributed by atoms with Crippen molar-refractivity contribution in [3.05, 3.63) is 35.4 Å². The molecular weight excluding hydrogens is 282 g/mol. The summed E-state index contributed by atoms with van der Waals surface area (Å²) in [4.78, 5) is 22.4. The molecule has 2 amide bonds. The molecule has 0 saturated carbocycles. The lowest BCUT2D eigenvalue weighted by molar-refractivity contribution is -0.125. The molecule has 0 radical (unpaired) electrons. The number of nitrogens with one attached hydrogen (secondary N) is 2. The van der Waals surface area contributed by atoms with E-state index in [9.17, 15) is 9.59 Å². The number of rotatable bonds is 7. The Labute approximate surface area is 124 Å². The Bertz CT molecular complexity index is 441. The third kappa shape index (κ3) is 6.51. The summed E-state index contributed by atoms with van der Waals surface area (Å²) in [5, 5.41) is 5.13. The van der Waals surface area contributed by atoms with Crippen LogP contribution in [0.25, 0.3) is 0 Å². The molecule has 0 saturated heterocycles. The maximum absolute atomic E-state index is 11.5. The zero-order valence-corrected chi connectivity index (χ0v) is 12.2. The maximum Gasteiger partial charge on any atom is 0.239 e. The van der Waals surface area contributed by atoms with Crippen LogP contribution in [0, 0.1) is 0 Å². The van der Waals surface area contributed by atoms with Crippen LogP contribution in [0.3, 0.4) is 0 Å². The number of carbonyl (C=O) groups excluding carboxylic acids is 2. The van der Waals surface area contributed by atoms with E-state index in [-0.39, 0.29) is 37.3 Å². The SMILES string of the molecule is COCc1ccccc1CNC(=O)CNC(=O)CN.Cl. The molecule has 0 bridgehead atoms. The van der Waals surface area contributed by atoms with Crippen LogP contribution in [0.2, 0.25) is 0 Å². The van der Waals surface area contributed by atoms with Gasteiger partial charge in [-0.1, -0.05) is 24.3 Å². The van der Waals surface area contributed by atoms with E-state index < -0.39 is 0 Å². The molecule has 0 fully saturated rings. The van der Waals surface area contributed by atoms with Crippen LogP contribution in [-0.4, -0.2) is 32.0 Å². The van der Waals surface area contributed by atoms with Crippen LogP contribution in [-0.2, 0) is 27.5 Å². The van der Waals surface area contributed by atoms with Gasteiger partial charge in [0.15, 0.2) is 0 Å². The highest BCUT2D eigenvalue weighted by Gasteiger charge is 2.05. The predicted molar refractivity (Wildman–Crippen MR) is 78.3 cm³/mol. The van der Waals surface area contributed by atoms with E-state index in [0.29, 0.717) is 13.2 Å². The van der Waals surface area contributed by atoms with Crippen LogP contribution in [0.4, 0.5) is 0 Å². The van der Waals surface area contributed by atoms with Crippen molar-refractivity contribution in [3.63, 3.8) is 0 Å². The summed E-state index contributed by atoms with van der Waals surface area (Å²) >= 11 is 0. The Hall–Kier alpha value is -1.63. The lowest BCUT2D eigenvalue weighted by Gasteiger charge is -2.10. The van der Waals surface area contributed by atoms with Gasteiger partial charge in [0.1, 0.15) is 0 Å². The summed E-state index contributed by atoms with van der Waals surface area (Å²) < 4.78 is 5.09. The van der Waals surface area contributed by atoms with Gasteiger partial charge >= 0.3 is 0 Å². The van der Waals surface area contributed by atoms with Gasteiger partial charge in [-0.05, 0) is 11.1 Å². The molecule has 0 aliphatic rings. The monoisotopic (exact) mass is 301 g/mol. The minimum absolute atomic E-state index is 0. The van der Waals surface area contributed by atoms with Gasteiger partial charge in [-0.2, -0.15) is 0 Å². The molecule has 20 heavy (non-hydrogen) atoms. The molecule has 0 unspecified atom stereocenters. The molecule has 0 spiro atoms. The second-order valence-electron chi connectivity index (χ2n) is 3.96. The van der Waals surface area contributed by atoms with Gasteiger partial charge in [-0.25, -0.2) is 0 Å². The van der Waals surface area contributed by atoms with E-state index in [2.05, 4.69) is 10.6 Å². The van der Waals surface area contributed by atoms with Gasteiger partial charge in [0.05, 0.1) is 19.7 Å². The standard InChI is InChI=1S/C13H19N3O3.ClH/c1-19-9-11-5-3-2-4-10(11)7-15-13(18)8-16-12(17)6-14;/h2-5H,6-9,14H2,1H3,(H,15,18)(H,16,17);1H. The van der Waals surface area contributed by atoms with Crippen molar-refractivity contribution in [3.8, 4) is 0 Å². The molecule has 6 nitrogen and oxygen atoms in total. The summed E-state index contributed by atoms with van der Waals surface area (Å²) in [5.41, 5.74) is 7.13. The number of methoxy groups -OCH3 is 1. The van der Waals surface area contributed by atoms with Crippen LogP contribution < -0.4 is 16.4 Å². The average Bonchev–Trinajstić information content (AvgIpc) is 2.44. The van der Waals surface area contributed by atoms with Crippen LogP contribution in [0.15, 0.2) is 24.3 Å². The summed E-state index contributed by atoms with van der Waals surface area (Å²) in [6.07, 6.45) is 0. The molecule has 1 rings (SSSR count). The Balaban J connectivity index is 0.00000361. The van der Waals surface area contributed by atoms with Crippen LogP contribution >= 0.6 is 12.4 Å². The van der Waals surface area contributed by atoms with Crippen LogP contribution in [0.5, 0.6) is 0 Å². The lowest BCUT2D eigenvalue weighted by atomic mass is 10.1. The van der Waals surface area contributed by atoms with Crippen LogP contribution in [0.1, 0.15) is 11.1 Å². The molecule has 1 aromatic carbocycles. The molecule has 112 valence electrons. The molecule has 0 heterocycles. The predicted octanol–water partition coefficient (Wildman–Crippen LogP) is -0.0541. The highest BCUT2D eigenvalue weighted by atomic mass is 35.5. The molecule has 1 aromatic rings. The van der Waals surface area contributed by atoms with Crippen molar-refractivity contribution >= 4 is 24.2 Å². The highest BCUT2D eigenvalue weighted by molar-refractivity contribution is 5.85. The molecule has 0 aliphatic carbocycles. The zero-order valence-electron chi connectivity index (χ0n) is 11.3. The van der Waals surface area contributed by atoms with Crippen molar-refractivity contribution in [1.29, 1.82) is 0 Å². The molecule has 7 heteroatoms. The third-order valence-electron chi connectivity index (χ3n) is 2.53. The van der Waals surface area contributed by atoms with E-state index in [1.165, 1.54) is 0 Å². The van der Waals surface area contributed by atoms with E-state index >= 15 is 0 Å². The number of halogens is 1. The lowest BCUT2D eigenvalue weighted by Crippen LogP contribution is -2.39. The van der Waals surface area contributed by atoms with Gasteiger partial charge in [-0.3, -0.25) is 9.59 Å². The van der Waals surface area contributed by atoms with Gasteiger partial charge in [-0.15, -0.1) is 12.4 Å². The highest BCUT2D eigenvalue weighted by Crippen LogP contribution is 2.09. The van der Waals surface area contributed by atoms with Crippen molar-refractivity contribution in [2.75, 3.05) is 20.2 Å². The van der Waals surface area contributed by atoms with E-state index in [1.54, 1.807) is 7.11 Å². The Morgan fingerprint density at radius 2 is 1.80 bits per heavy atom. The third-order valence-corrected chi connectivity index (χ3v) is 2.53. The number of amides is 2. The number of carbonyl (C=O) groups is 2. The van der Waals surface area contributed by atoms with Gasteiger partial charge in [0, 0.05) is 13.7 Å². The van der Waals surface area contributed by atoms with Crippen molar-refractivity contribution in [1.82, 2.24) is 10.6 Å². The van der Waals surface area contributed by atoms with E-state index in [1.807, 2.05) is 24.3 Å². The molecule has 4 N–H and O–H groups in total. The second-order valence-corrected chi connectivity index (χ2v) is 3.96. The number of hydrogen-bond acceptors (Lipinski definition) is 4. The van der Waals surface area contributed by atoms with Gasteiger partial charge < -0.3 is 21.1 Å². The quantitative estimate of drug-likeness (QED) is 0.658. The first-order chi connectivity index (χ1) is 9.17. The largest absolute Gasteiger partial charge is 0.380 e. The van der Waals surface area contributed by atoms with E-state index in [0.717, 1.165) is 11.1 Å². The molecule has 0 aromatic heterocycles. The van der Waals surface area contributed by atoms with Crippen molar-refractivity contribution in [2.45, 2.75) is 13.2 Å². The number of hydrogen-bond donors (Lipinski definition) is 3. The summed E-state index contributed by atoms with van der Waals surface area (Å²) in [7, 11) is 1.62. The summed E-state index contributed by atoms with van der Waals surface area (Å²) in [5.74, 6) is -0.607. The second kappa shape index (κ2) is 10.2. The Morgan fingerprint density at radius 1 is 1.15 bits per heavy atom. The normalized spacial score (nSPS) is 9.50. The zero-order chi connectivity index (χ0) is 14.1. The summed E-state index contributed by atoms with van der Waals surface area (Å²) in [6, 6.07) is 7.69. The first-order valence-electron chi connectivity index (χ1n) is 5.96. The fourth-order valence-electron chi connectivity index (χ4n) is 1.53. The topological polar surface area (TPSA) is 93.5 Å². The minimum Gasteiger partial charge on any atom is -0.380 e. The number of nitrogens with two attached hydrogens (primary N) is 1. The average molecular weight is 302 g/mol. The van der Waals surface area contributed by atoms with E-state index in [4.69, 9.17) is 10.5 Å². The molecular formula is C13H20ClN3O3. The number of benzene rings is 1. The van der Waals surface area contributed by atoms with Gasteiger partial charge in [0.25, 0.3) is 0 Å². The fraction of sp³-hybridized carbons (Fsp3) is 0.385. The molecule has 0 aliphatic heterocycles. The van der Waals surface area contributed by atoms with Gasteiger partial charge in [0.2, 0.25) is 11.8 Å². The fourth-order valence-corrected chi connectivity index (χ4v) is 1.53. The number of ether oxygens (including phenoxy) is 1. The maximum atomic E-state index is 11.5.